The van der Waals surface area contributed by atoms with E-state index in [4.69, 9.17) is 9.97 Å². The first kappa shape index (κ1) is 33.8. The molecule has 300 valence electrons. The Balaban J connectivity index is 1.05. The minimum absolute atomic E-state index is 0.574. The number of benzene rings is 5. The fourth-order valence-corrected chi connectivity index (χ4v) is 16.5. The van der Waals surface area contributed by atoms with Gasteiger partial charge in [0.1, 0.15) is 0 Å². The van der Waals surface area contributed by atoms with Crippen molar-refractivity contribution in [2.45, 2.75) is 87.9 Å². The maximum absolute atomic E-state index is 5.65. The lowest BCUT2D eigenvalue weighted by atomic mass is 9.56. The fourth-order valence-electron chi connectivity index (χ4n) is 16.5. The minimum Gasteiger partial charge on any atom is -0.305 e. The Kier molecular flexibility index (Phi) is 6.43. The van der Waals surface area contributed by atoms with Gasteiger partial charge in [-0.3, -0.25) is 9.97 Å². The molecule has 5 saturated carbocycles. The number of fused-ring (bicyclic) bond motifs is 12. The molecule has 1 spiro atoms. The van der Waals surface area contributed by atoms with E-state index >= 15 is 0 Å². The molecule has 3 nitrogen and oxygen atoms in total. The predicted octanol–water partition coefficient (Wildman–Crippen LogP) is 15.1. The zero-order valence-electron chi connectivity index (χ0n) is 35.2. The molecule has 0 radical (unpaired) electrons. The van der Waals surface area contributed by atoms with Crippen LogP contribution in [0.1, 0.15) is 110 Å². The van der Waals surface area contributed by atoms with Crippen LogP contribution >= 0.6 is 0 Å². The standard InChI is InChI=1S/C59H49N3/c1-3-7-34(8-4-1)36-11-15-38(16-12-36)46-27-47(39-17-13-37(14-18-39)35-9-5-2-6-10-35)53-55-49(31-61-57-43-25-45-26-44-24-42(51(55)57)28-59(44,45)29-43)62-48-30-60-56-41-22-32-19-33(23-41)21-40(20-32)50(56)54(48)52(46)58(53)62/h1-18,27,30-33,40-45H,19-26,28-29H2. The maximum atomic E-state index is 5.65. The molecule has 7 bridgehead atoms. The first-order chi connectivity index (χ1) is 30.6. The molecule has 9 aromatic rings. The van der Waals surface area contributed by atoms with Gasteiger partial charge < -0.3 is 4.40 Å². The first-order valence-electron chi connectivity index (χ1n) is 24.0. The lowest BCUT2D eigenvalue weighted by molar-refractivity contribution is 0.00321. The van der Waals surface area contributed by atoms with Gasteiger partial charge in [-0.1, -0.05) is 109 Å². The van der Waals surface area contributed by atoms with Crippen LogP contribution < -0.4 is 0 Å². The molecule has 8 aliphatic carbocycles. The number of hydrogen-bond donors (Lipinski definition) is 0. The van der Waals surface area contributed by atoms with E-state index < -0.39 is 0 Å². The predicted molar refractivity (Wildman–Crippen MR) is 252 cm³/mol. The number of pyridine rings is 2. The van der Waals surface area contributed by atoms with E-state index in [1.165, 1.54) is 158 Å². The topological polar surface area (TPSA) is 30.2 Å². The summed E-state index contributed by atoms with van der Waals surface area (Å²) in [6, 6.07) is 43.5. The van der Waals surface area contributed by atoms with E-state index in [2.05, 4.69) is 132 Å². The van der Waals surface area contributed by atoms with Crippen molar-refractivity contribution in [2.75, 3.05) is 0 Å². The molecule has 0 amide bonds. The molecule has 0 aliphatic heterocycles. The van der Waals surface area contributed by atoms with Gasteiger partial charge in [0, 0.05) is 44.8 Å². The zero-order chi connectivity index (χ0) is 40.0. The summed E-state index contributed by atoms with van der Waals surface area (Å²) in [5.41, 5.74) is 21.1. The van der Waals surface area contributed by atoms with Gasteiger partial charge in [-0.2, -0.15) is 0 Å². The van der Waals surface area contributed by atoms with Crippen LogP contribution in [-0.2, 0) is 0 Å². The Bertz CT molecular complexity index is 3330. The van der Waals surface area contributed by atoms with Crippen LogP contribution in [0, 0.1) is 29.1 Å². The molecule has 4 heterocycles. The Hall–Kier alpha value is -5.80. The zero-order valence-corrected chi connectivity index (χ0v) is 35.2. The minimum atomic E-state index is 0.574. The largest absolute Gasteiger partial charge is 0.305 e. The smallest absolute Gasteiger partial charge is 0.0728 e. The molecule has 0 N–H and O–H groups in total. The number of rotatable bonds is 4. The Morgan fingerprint density at radius 3 is 1.47 bits per heavy atom. The summed E-state index contributed by atoms with van der Waals surface area (Å²) in [6.45, 7) is 0. The van der Waals surface area contributed by atoms with Gasteiger partial charge in [0.2, 0.25) is 0 Å². The van der Waals surface area contributed by atoms with Crippen molar-refractivity contribution >= 4 is 38.1 Å². The highest BCUT2D eigenvalue weighted by atomic mass is 15.0. The summed E-state index contributed by atoms with van der Waals surface area (Å²) >= 11 is 0. The first-order valence-corrected chi connectivity index (χ1v) is 24.0. The van der Waals surface area contributed by atoms with Gasteiger partial charge in [-0.25, -0.2) is 0 Å². The van der Waals surface area contributed by atoms with Crippen LogP contribution in [0.2, 0.25) is 0 Å². The highest BCUT2D eigenvalue weighted by Gasteiger charge is 2.66. The van der Waals surface area contributed by atoms with E-state index in [0.717, 1.165) is 23.7 Å². The van der Waals surface area contributed by atoms with Crippen molar-refractivity contribution in [2.24, 2.45) is 29.1 Å². The van der Waals surface area contributed by atoms with Crippen molar-refractivity contribution in [3.8, 4) is 44.5 Å². The molecule has 7 unspecified atom stereocenters. The SMILES string of the molecule is c1ccc(-c2ccc(-c3cc(-c4ccc(-c5ccccc5)cc4)c4c5c6c(ncc5n5c7cnc8c(c7c3c45)C3CC4CC(CC8C4)C3)C3CC4CC5CC6CC45C3)cc2)cc1. The van der Waals surface area contributed by atoms with Gasteiger partial charge in [0.15, 0.2) is 0 Å². The van der Waals surface area contributed by atoms with Crippen LogP contribution in [0.5, 0.6) is 0 Å². The van der Waals surface area contributed by atoms with Gasteiger partial charge >= 0.3 is 0 Å². The summed E-state index contributed by atoms with van der Waals surface area (Å²) in [4.78, 5) is 11.3. The van der Waals surface area contributed by atoms with Gasteiger partial charge in [0.25, 0.3) is 0 Å². The van der Waals surface area contributed by atoms with Crippen molar-refractivity contribution < 1.29 is 0 Å². The van der Waals surface area contributed by atoms with E-state index in [-0.39, 0.29) is 0 Å². The van der Waals surface area contributed by atoms with Crippen LogP contribution in [0.4, 0.5) is 0 Å². The summed E-state index contributed by atoms with van der Waals surface area (Å²) in [7, 11) is 0. The van der Waals surface area contributed by atoms with Crippen LogP contribution in [0.3, 0.4) is 0 Å². The molecule has 0 saturated heterocycles. The van der Waals surface area contributed by atoms with E-state index in [0.29, 0.717) is 29.1 Å². The van der Waals surface area contributed by atoms with Crippen LogP contribution in [-0.4, -0.2) is 14.4 Å². The normalized spacial score (nSPS) is 29.7. The average Bonchev–Trinajstić information content (AvgIpc) is 3.97. The summed E-state index contributed by atoms with van der Waals surface area (Å²) in [5, 5.41) is 5.92. The monoisotopic (exact) mass is 799 g/mol. The third-order valence-electron chi connectivity index (χ3n) is 18.7. The van der Waals surface area contributed by atoms with Gasteiger partial charge in [0.05, 0.1) is 28.9 Å². The highest BCUT2D eigenvalue weighted by molar-refractivity contribution is 6.31. The molecule has 4 aromatic heterocycles. The second-order valence-electron chi connectivity index (χ2n) is 21.4. The van der Waals surface area contributed by atoms with E-state index in [1.807, 2.05) is 0 Å². The molecule has 3 heteroatoms. The Morgan fingerprint density at radius 2 is 0.887 bits per heavy atom. The Labute approximate surface area is 362 Å². The molecule has 62 heavy (non-hydrogen) atoms. The lowest BCUT2D eigenvalue weighted by Crippen LogP contribution is -2.41. The van der Waals surface area contributed by atoms with Crippen molar-refractivity contribution in [3.05, 3.63) is 150 Å². The third-order valence-corrected chi connectivity index (χ3v) is 18.7. The fraction of sp³-hybridized carbons (Fsp3) is 0.322. The summed E-state index contributed by atoms with van der Waals surface area (Å²) < 4.78 is 2.70. The summed E-state index contributed by atoms with van der Waals surface area (Å²) in [6.07, 6.45) is 18.3. The van der Waals surface area contributed by atoms with E-state index in [9.17, 15) is 0 Å². The molecule has 17 rings (SSSR count). The van der Waals surface area contributed by atoms with E-state index in [1.54, 1.807) is 11.1 Å². The molecule has 7 atom stereocenters. The number of aromatic nitrogens is 3. The lowest BCUT2D eigenvalue weighted by Gasteiger charge is -2.48. The average molecular weight is 800 g/mol. The molecular formula is C59H49N3. The second kappa shape index (κ2) is 11.8. The van der Waals surface area contributed by atoms with Crippen molar-refractivity contribution in [3.63, 3.8) is 0 Å². The molecule has 8 aliphatic rings. The van der Waals surface area contributed by atoms with Gasteiger partial charge in [-0.15, -0.1) is 0 Å². The molecule has 5 aromatic carbocycles. The van der Waals surface area contributed by atoms with Crippen molar-refractivity contribution in [1.82, 2.24) is 14.4 Å². The second-order valence-corrected chi connectivity index (χ2v) is 21.4. The van der Waals surface area contributed by atoms with Gasteiger partial charge in [-0.05, 0) is 167 Å². The van der Waals surface area contributed by atoms with Crippen LogP contribution in [0.25, 0.3) is 82.6 Å². The number of nitrogens with zero attached hydrogens (tertiary/aromatic N) is 3. The molecule has 5 fully saturated rings. The maximum Gasteiger partial charge on any atom is 0.0728 e. The van der Waals surface area contributed by atoms with Crippen molar-refractivity contribution in [1.29, 1.82) is 0 Å². The van der Waals surface area contributed by atoms with Crippen LogP contribution in [0.15, 0.2) is 128 Å². The summed E-state index contributed by atoms with van der Waals surface area (Å²) in [5.74, 6) is 5.87. The Morgan fingerprint density at radius 1 is 0.419 bits per heavy atom. The number of hydrogen-bond acceptors (Lipinski definition) is 2. The highest BCUT2D eigenvalue weighted by Crippen LogP contribution is 2.76. The quantitative estimate of drug-likeness (QED) is 0.177. The molecular weight excluding hydrogens is 751 g/mol. The third kappa shape index (κ3) is 4.24.